The lowest BCUT2D eigenvalue weighted by Crippen LogP contribution is -2.27. The Bertz CT molecular complexity index is 947. The average molecular weight is 533 g/mol. The molecule has 0 aromatic heterocycles. The molecule has 0 unspecified atom stereocenters. The van der Waals surface area contributed by atoms with Gasteiger partial charge < -0.3 is 4.90 Å². The van der Waals surface area contributed by atoms with Crippen LogP contribution >= 0.6 is 67.4 Å². The molecule has 1 saturated heterocycles. The summed E-state index contributed by atoms with van der Waals surface area (Å²) in [6.07, 6.45) is 1.85. The van der Waals surface area contributed by atoms with Crippen LogP contribution in [0.15, 0.2) is 50.2 Å². The first-order valence-corrected chi connectivity index (χ1v) is 10.7. The van der Waals surface area contributed by atoms with Crippen LogP contribution in [0, 0.1) is 0 Å². The van der Waals surface area contributed by atoms with Gasteiger partial charge in [0.05, 0.1) is 21.3 Å². The predicted octanol–water partition coefficient (Wildman–Crippen LogP) is 6.34. The molecule has 1 aliphatic heterocycles. The van der Waals surface area contributed by atoms with E-state index in [1.54, 1.807) is 12.1 Å². The zero-order valence-corrected chi connectivity index (χ0v) is 19.4. The molecular weight excluding hydrogens is 520 g/mol. The van der Waals surface area contributed by atoms with Crippen LogP contribution in [-0.4, -0.2) is 24.3 Å². The second-order valence-corrected chi connectivity index (χ2v) is 9.51. The number of benzene rings is 2. The number of halogens is 3. The number of amides is 1. The van der Waals surface area contributed by atoms with Crippen LogP contribution < -0.4 is 9.80 Å². The third-order valence-corrected chi connectivity index (χ3v) is 6.88. The van der Waals surface area contributed by atoms with Gasteiger partial charge in [0.25, 0.3) is 5.91 Å². The molecule has 1 aliphatic rings. The quantitative estimate of drug-likeness (QED) is 0.340. The molecule has 134 valence electrons. The first kappa shape index (κ1) is 19.9. The van der Waals surface area contributed by atoms with Crippen LogP contribution in [0.5, 0.6) is 0 Å². The van der Waals surface area contributed by atoms with E-state index >= 15 is 0 Å². The van der Waals surface area contributed by atoms with Gasteiger partial charge in [-0.1, -0.05) is 41.6 Å². The number of hydrogen-bond acceptors (Lipinski definition) is 4. The minimum Gasteiger partial charge on any atom is -0.377 e. The smallest absolute Gasteiger partial charge is 0.270 e. The van der Waals surface area contributed by atoms with Crippen molar-refractivity contribution in [3.8, 4) is 0 Å². The van der Waals surface area contributed by atoms with Gasteiger partial charge in [0.1, 0.15) is 0 Å². The van der Waals surface area contributed by atoms with Crippen molar-refractivity contribution < 1.29 is 4.79 Å². The van der Waals surface area contributed by atoms with Gasteiger partial charge in [0.15, 0.2) is 4.32 Å². The molecule has 0 N–H and O–H groups in total. The average Bonchev–Trinajstić information content (AvgIpc) is 2.84. The topological polar surface area (TPSA) is 23.6 Å². The summed E-state index contributed by atoms with van der Waals surface area (Å²) in [5.41, 5.74) is 2.66. The van der Waals surface area contributed by atoms with Gasteiger partial charge in [-0.2, -0.15) is 0 Å². The molecule has 0 saturated carbocycles. The lowest BCUT2D eigenvalue weighted by Gasteiger charge is -2.15. The third kappa shape index (κ3) is 4.02. The van der Waals surface area contributed by atoms with Gasteiger partial charge in [-0.3, -0.25) is 9.69 Å². The van der Waals surface area contributed by atoms with E-state index in [-0.39, 0.29) is 5.91 Å². The number of anilines is 2. The van der Waals surface area contributed by atoms with Crippen molar-refractivity contribution in [3.63, 3.8) is 0 Å². The summed E-state index contributed by atoms with van der Waals surface area (Å²) in [6.45, 7) is 0. The molecule has 3 rings (SSSR count). The zero-order chi connectivity index (χ0) is 19.0. The van der Waals surface area contributed by atoms with E-state index in [0.717, 1.165) is 20.2 Å². The maximum atomic E-state index is 12.9. The second kappa shape index (κ2) is 8.02. The highest BCUT2D eigenvalue weighted by molar-refractivity contribution is 9.11. The molecule has 0 radical (unpaired) electrons. The maximum Gasteiger partial charge on any atom is 0.270 e. The van der Waals surface area contributed by atoms with Crippen LogP contribution in [0.3, 0.4) is 0 Å². The molecule has 1 amide bonds. The summed E-state index contributed by atoms with van der Waals surface area (Å²) in [5.74, 6) is -0.147. The minimum absolute atomic E-state index is 0.147. The standard InChI is InChI=1S/C18H13Br2ClN2OS2/c1-22(2)15-6-3-10(7-13(15)20)8-16-17(24)23(18(25)26-16)11-4-5-12(19)14(21)9-11/h3-9H,1-2H3/b16-8-. The van der Waals surface area contributed by atoms with Gasteiger partial charge in [0, 0.05) is 23.0 Å². The molecule has 8 heteroatoms. The molecule has 3 nitrogen and oxygen atoms in total. The summed E-state index contributed by atoms with van der Waals surface area (Å²) >= 11 is 19.8. The van der Waals surface area contributed by atoms with E-state index < -0.39 is 0 Å². The Morgan fingerprint density at radius 2 is 1.88 bits per heavy atom. The van der Waals surface area contributed by atoms with E-state index in [0.29, 0.717) is 19.9 Å². The van der Waals surface area contributed by atoms with E-state index in [2.05, 4.69) is 31.9 Å². The third-order valence-electron chi connectivity index (χ3n) is 3.71. The molecule has 2 aromatic carbocycles. The molecule has 2 aromatic rings. The lowest BCUT2D eigenvalue weighted by atomic mass is 10.2. The van der Waals surface area contributed by atoms with E-state index in [1.165, 1.54) is 16.7 Å². The number of rotatable bonds is 3. The van der Waals surface area contributed by atoms with Gasteiger partial charge in [-0.25, -0.2) is 0 Å². The Balaban J connectivity index is 1.92. The number of thioether (sulfide) groups is 1. The predicted molar refractivity (Wildman–Crippen MR) is 123 cm³/mol. The molecule has 26 heavy (non-hydrogen) atoms. The van der Waals surface area contributed by atoms with Crippen LogP contribution in [0.25, 0.3) is 6.08 Å². The maximum absolute atomic E-state index is 12.9. The highest BCUT2D eigenvalue weighted by Gasteiger charge is 2.33. The molecule has 0 bridgehead atoms. The number of carbonyl (C=O) groups excluding carboxylic acids is 1. The fraction of sp³-hybridized carbons (Fsp3) is 0.111. The van der Waals surface area contributed by atoms with Crippen LogP contribution in [0.2, 0.25) is 5.02 Å². The Morgan fingerprint density at radius 1 is 1.15 bits per heavy atom. The van der Waals surface area contributed by atoms with Crippen molar-refractivity contribution in [2.24, 2.45) is 0 Å². The fourth-order valence-electron chi connectivity index (χ4n) is 2.44. The highest BCUT2D eigenvalue weighted by Crippen LogP contribution is 2.38. The first-order valence-electron chi connectivity index (χ1n) is 7.48. The van der Waals surface area contributed by atoms with Crippen molar-refractivity contribution in [1.29, 1.82) is 0 Å². The summed E-state index contributed by atoms with van der Waals surface area (Å²) < 4.78 is 2.23. The molecular formula is C18H13Br2ClN2OS2. The molecule has 1 heterocycles. The minimum atomic E-state index is -0.147. The van der Waals surface area contributed by atoms with E-state index in [4.69, 9.17) is 23.8 Å². The van der Waals surface area contributed by atoms with Crippen molar-refractivity contribution in [2.75, 3.05) is 23.9 Å². The Hall–Kier alpha value is -0.860. The Kier molecular flexibility index (Phi) is 6.14. The van der Waals surface area contributed by atoms with Gasteiger partial charge in [-0.15, -0.1) is 0 Å². The first-order chi connectivity index (χ1) is 12.3. The summed E-state index contributed by atoms with van der Waals surface area (Å²) in [6, 6.07) is 11.3. The van der Waals surface area contributed by atoms with Crippen molar-refractivity contribution in [1.82, 2.24) is 0 Å². The number of hydrogen-bond donors (Lipinski definition) is 0. The highest BCUT2D eigenvalue weighted by atomic mass is 79.9. The molecule has 0 aliphatic carbocycles. The van der Waals surface area contributed by atoms with Crippen LogP contribution in [0.1, 0.15) is 5.56 Å². The lowest BCUT2D eigenvalue weighted by molar-refractivity contribution is -0.113. The molecule has 0 atom stereocenters. The van der Waals surface area contributed by atoms with E-state index in [9.17, 15) is 4.79 Å². The summed E-state index contributed by atoms with van der Waals surface area (Å²) in [4.78, 5) is 17.0. The normalized spacial score (nSPS) is 15.9. The number of thiocarbonyl (C=S) groups is 1. The fourth-order valence-corrected chi connectivity index (χ4v) is 4.91. The second-order valence-electron chi connectivity index (χ2n) is 5.72. The number of nitrogens with zero attached hydrogens (tertiary/aromatic N) is 2. The van der Waals surface area contributed by atoms with Gasteiger partial charge >= 0.3 is 0 Å². The summed E-state index contributed by atoms with van der Waals surface area (Å²) in [7, 11) is 3.96. The van der Waals surface area contributed by atoms with Crippen LogP contribution in [0.4, 0.5) is 11.4 Å². The molecule has 1 fully saturated rings. The van der Waals surface area contributed by atoms with Crippen LogP contribution in [-0.2, 0) is 4.79 Å². The monoisotopic (exact) mass is 530 g/mol. The van der Waals surface area contributed by atoms with Crippen molar-refractivity contribution in [2.45, 2.75) is 0 Å². The zero-order valence-electron chi connectivity index (χ0n) is 13.8. The van der Waals surface area contributed by atoms with Crippen molar-refractivity contribution in [3.05, 3.63) is 60.8 Å². The van der Waals surface area contributed by atoms with Gasteiger partial charge in [0.2, 0.25) is 0 Å². The Labute approximate surface area is 183 Å². The number of carbonyl (C=O) groups is 1. The van der Waals surface area contributed by atoms with E-state index in [1.807, 2.05) is 49.3 Å². The van der Waals surface area contributed by atoms with Crippen molar-refractivity contribution >= 4 is 95.1 Å². The molecule has 0 spiro atoms. The van der Waals surface area contributed by atoms with Gasteiger partial charge in [-0.05, 0) is 73.8 Å². The summed E-state index contributed by atoms with van der Waals surface area (Å²) in [5, 5.41) is 0.531. The largest absolute Gasteiger partial charge is 0.377 e. The Morgan fingerprint density at radius 3 is 2.50 bits per heavy atom. The SMILES string of the molecule is CN(C)c1ccc(/C=C2\SC(=S)N(c3ccc(Br)c(Cl)c3)C2=O)cc1Br.